The van der Waals surface area contributed by atoms with Gasteiger partial charge < -0.3 is 5.11 Å². The Morgan fingerprint density at radius 2 is 1.84 bits per heavy atom. The van der Waals surface area contributed by atoms with Gasteiger partial charge in [-0.15, -0.1) is 0 Å². The first kappa shape index (κ1) is 14.0. The second-order valence-electron chi connectivity index (χ2n) is 3.65. The summed E-state index contributed by atoms with van der Waals surface area (Å²) in [6.07, 6.45) is 0. The molecule has 0 atom stereocenters. The van der Waals surface area contributed by atoms with Gasteiger partial charge in [-0.05, 0) is 6.07 Å². The van der Waals surface area contributed by atoms with Crippen molar-refractivity contribution in [3.63, 3.8) is 0 Å². The van der Waals surface area contributed by atoms with E-state index >= 15 is 0 Å². The van der Waals surface area contributed by atoms with E-state index in [4.69, 9.17) is 34.8 Å². The zero-order valence-corrected chi connectivity index (χ0v) is 11.5. The van der Waals surface area contributed by atoms with Crippen LogP contribution in [0, 0.1) is 0 Å². The number of para-hydroxylation sites is 1. The third-order valence-corrected chi connectivity index (χ3v) is 2.89. The first-order valence-corrected chi connectivity index (χ1v) is 6.16. The van der Waals surface area contributed by atoms with E-state index in [2.05, 4.69) is 0 Å². The molecule has 2 rings (SSSR count). The number of hydrogen-bond donors (Lipinski definition) is 2. The van der Waals surface area contributed by atoms with Crippen LogP contribution in [0.15, 0.2) is 30.3 Å². The highest BCUT2D eigenvalue weighted by atomic mass is 35.6. The average Bonchev–Trinajstić information content (AvgIpc) is 2.63. The fourth-order valence-corrected chi connectivity index (χ4v) is 1.72. The van der Waals surface area contributed by atoms with Gasteiger partial charge >= 0.3 is 6.03 Å². The standard InChI is InChI=1S/C11H7Cl3N2O3/c12-11(13,14)9(18)15-10(19)16-7-4-2-1-3-6(7)5-8(16)17/h1-5,17H,(H,15,18,19). The van der Waals surface area contributed by atoms with Crippen LogP contribution in [-0.4, -0.2) is 25.4 Å². The molecule has 0 aliphatic rings. The first-order chi connectivity index (χ1) is 8.80. The van der Waals surface area contributed by atoms with Gasteiger partial charge in [-0.2, -0.15) is 0 Å². The molecule has 1 aromatic heterocycles. The molecule has 100 valence electrons. The van der Waals surface area contributed by atoms with Crippen molar-refractivity contribution < 1.29 is 14.7 Å². The number of carbonyl (C=O) groups is 2. The Hall–Kier alpha value is -1.43. The molecule has 0 bridgehead atoms. The number of benzene rings is 1. The lowest BCUT2D eigenvalue weighted by Crippen LogP contribution is -2.40. The highest BCUT2D eigenvalue weighted by Crippen LogP contribution is 2.27. The largest absolute Gasteiger partial charge is 0.494 e. The van der Waals surface area contributed by atoms with Gasteiger partial charge in [-0.1, -0.05) is 53.0 Å². The van der Waals surface area contributed by atoms with Gasteiger partial charge in [0.2, 0.25) is 0 Å². The minimum atomic E-state index is -2.26. The maximum Gasteiger partial charge on any atom is 0.335 e. The van der Waals surface area contributed by atoms with Crippen molar-refractivity contribution in [2.75, 3.05) is 0 Å². The molecule has 2 amide bonds. The van der Waals surface area contributed by atoms with E-state index in [9.17, 15) is 14.7 Å². The summed E-state index contributed by atoms with van der Waals surface area (Å²) in [4.78, 5) is 23.3. The van der Waals surface area contributed by atoms with Gasteiger partial charge in [0.15, 0.2) is 5.88 Å². The predicted octanol–water partition coefficient (Wildman–Crippen LogP) is 2.80. The molecule has 2 N–H and O–H groups in total. The van der Waals surface area contributed by atoms with Crippen LogP contribution in [0.5, 0.6) is 5.88 Å². The van der Waals surface area contributed by atoms with E-state index in [1.54, 1.807) is 24.3 Å². The van der Waals surface area contributed by atoms with Crippen LogP contribution >= 0.6 is 34.8 Å². The number of amides is 2. The Balaban J connectivity index is 2.37. The van der Waals surface area contributed by atoms with E-state index in [0.29, 0.717) is 10.9 Å². The lowest BCUT2D eigenvalue weighted by Gasteiger charge is -2.11. The fourth-order valence-electron chi connectivity index (χ4n) is 1.58. The summed E-state index contributed by atoms with van der Waals surface area (Å²) in [7, 11) is 0. The lowest BCUT2D eigenvalue weighted by molar-refractivity contribution is -0.119. The van der Waals surface area contributed by atoms with Crippen molar-refractivity contribution in [2.45, 2.75) is 3.79 Å². The lowest BCUT2D eigenvalue weighted by atomic mass is 10.2. The summed E-state index contributed by atoms with van der Waals surface area (Å²) >= 11 is 16.0. The number of alkyl halides is 3. The Labute approximate surface area is 122 Å². The summed E-state index contributed by atoms with van der Waals surface area (Å²) in [5.74, 6) is -1.42. The third-order valence-electron chi connectivity index (χ3n) is 2.37. The molecular weight excluding hydrogens is 314 g/mol. The van der Waals surface area contributed by atoms with Crippen molar-refractivity contribution in [2.24, 2.45) is 0 Å². The SMILES string of the molecule is O=C(NC(=O)C(Cl)(Cl)Cl)n1c(O)cc2ccccc21. The Bertz CT molecular complexity index is 661. The zero-order valence-electron chi connectivity index (χ0n) is 9.23. The summed E-state index contributed by atoms with van der Waals surface area (Å²) in [6.45, 7) is 0. The molecule has 0 saturated heterocycles. The highest BCUT2D eigenvalue weighted by molar-refractivity contribution is 6.76. The molecule has 2 aromatic rings. The normalized spacial score (nSPS) is 11.5. The molecule has 0 fully saturated rings. The molecule has 0 saturated carbocycles. The number of fused-ring (bicyclic) bond motifs is 1. The van der Waals surface area contributed by atoms with Gasteiger partial charge in [0.05, 0.1) is 5.52 Å². The number of nitrogens with one attached hydrogen (secondary N) is 1. The molecule has 5 nitrogen and oxygen atoms in total. The Morgan fingerprint density at radius 3 is 2.47 bits per heavy atom. The topological polar surface area (TPSA) is 71.3 Å². The summed E-state index contributed by atoms with van der Waals surface area (Å²) < 4.78 is -1.35. The van der Waals surface area contributed by atoms with Crippen LogP contribution in [0.25, 0.3) is 10.9 Å². The summed E-state index contributed by atoms with van der Waals surface area (Å²) in [5.41, 5.74) is 0.426. The minimum absolute atomic E-state index is 0.323. The van der Waals surface area contributed by atoms with Gasteiger partial charge in [0.25, 0.3) is 9.70 Å². The van der Waals surface area contributed by atoms with E-state index < -0.39 is 15.7 Å². The molecule has 0 spiro atoms. The van der Waals surface area contributed by atoms with Crippen molar-refractivity contribution in [3.05, 3.63) is 30.3 Å². The van der Waals surface area contributed by atoms with Crippen molar-refractivity contribution in [1.29, 1.82) is 0 Å². The van der Waals surface area contributed by atoms with Gasteiger partial charge in [-0.3, -0.25) is 10.1 Å². The fraction of sp³-hybridized carbons (Fsp3) is 0.0909. The predicted molar refractivity (Wildman–Crippen MR) is 72.8 cm³/mol. The number of imide groups is 1. The van der Waals surface area contributed by atoms with Crippen LogP contribution in [0.3, 0.4) is 0 Å². The number of aromatic hydroxyl groups is 1. The molecule has 1 heterocycles. The molecule has 0 unspecified atom stereocenters. The van der Waals surface area contributed by atoms with Crippen LogP contribution in [0.1, 0.15) is 0 Å². The number of carbonyl (C=O) groups excluding carboxylic acids is 2. The van der Waals surface area contributed by atoms with Crippen LogP contribution in [0.4, 0.5) is 4.79 Å². The van der Waals surface area contributed by atoms with Gasteiger partial charge in [0, 0.05) is 11.5 Å². The van der Waals surface area contributed by atoms with Crippen molar-refractivity contribution in [3.8, 4) is 5.88 Å². The number of halogens is 3. The second-order valence-corrected chi connectivity index (χ2v) is 5.94. The van der Waals surface area contributed by atoms with E-state index in [-0.39, 0.29) is 5.88 Å². The van der Waals surface area contributed by atoms with Crippen molar-refractivity contribution >= 4 is 57.6 Å². The maximum atomic E-state index is 11.9. The monoisotopic (exact) mass is 320 g/mol. The molecule has 19 heavy (non-hydrogen) atoms. The quantitative estimate of drug-likeness (QED) is 0.733. The molecule has 0 aliphatic heterocycles. The summed E-state index contributed by atoms with van der Waals surface area (Å²) in [6, 6.07) is 7.22. The van der Waals surface area contributed by atoms with Crippen LogP contribution in [-0.2, 0) is 4.79 Å². The van der Waals surface area contributed by atoms with Gasteiger partial charge in [-0.25, -0.2) is 9.36 Å². The van der Waals surface area contributed by atoms with Crippen LogP contribution < -0.4 is 5.32 Å². The Morgan fingerprint density at radius 1 is 1.21 bits per heavy atom. The van der Waals surface area contributed by atoms with Gasteiger partial charge in [0.1, 0.15) is 0 Å². The number of aromatic nitrogens is 1. The van der Waals surface area contributed by atoms with E-state index in [0.717, 1.165) is 4.57 Å². The molecule has 0 radical (unpaired) electrons. The van der Waals surface area contributed by atoms with Crippen LogP contribution in [0.2, 0.25) is 0 Å². The zero-order chi connectivity index (χ0) is 14.2. The van der Waals surface area contributed by atoms with Crippen molar-refractivity contribution in [1.82, 2.24) is 9.88 Å². The first-order valence-electron chi connectivity index (χ1n) is 5.02. The molecule has 8 heteroatoms. The minimum Gasteiger partial charge on any atom is -0.494 e. The van der Waals surface area contributed by atoms with E-state index in [1.807, 2.05) is 5.32 Å². The molecule has 0 aliphatic carbocycles. The second kappa shape index (κ2) is 4.92. The molecule has 1 aromatic carbocycles. The average molecular weight is 322 g/mol. The Kier molecular flexibility index (Phi) is 3.62. The highest BCUT2D eigenvalue weighted by Gasteiger charge is 2.32. The smallest absolute Gasteiger partial charge is 0.335 e. The molecular formula is C11H7Cl3N2O3. The number of nitrogens with zero attached hydrogens (tertiary/aromatic N) is 1. The maximum absolute atomic E-state index is 11.9. The third kappa shape index (κ3) is 2.78. The number of hydrogen-bond acceptors (Lipinski definition) is 3. The number of rotatable bonds is 0. The summed E-state index contributed by atoms with van der Waals surface area (Å²) in [5, 5.41) is 12.2. The van der Waals surface area contributed by atoms with E-state index in [1.165, 1.54) is 6.07 Å².